The van der Waals surface area contributed by atoms with E-state index in [1.807, 2.05) is 12.1 Å². The SMILES string of the molecule is COc1ccc(N2Cc3ccccc3C2C)cc1. The molecule has 92 valence electrons. The average molecular weight is 239 g/mol. The Labute approximate surface area is 108 Å². The van der Waals surface area contributed by atoms with Crippen molar-refractivity contribution in [3.05, 3.63) is 59.7 Å². The highest BCUT2D eigenvalue weighted by Gasteiger charge is 2.26. The number of rotatable bonds is 2. The quantitative estimate of drug-likeness (QED) is 0.790. The van der Waals surface area contributed by atoms with Crippen molar-refractivity contribution in [3.8, 4) is 5.75 Å². The molecule has 1 unspecified atom stereocenters. The zero-order chi connectivity index (χ0) is 12.5. The molecule has 0 aromatic heterocycles. The number of benzene rings is 2. The van der Waals surface area contributed by atoms with Crippen LogP contribution in [0.25, 0.3) is 0 Å². The highest BCUT2D eigenvalue weighted by molar-refractivity contribution is 5.55. The largest absolute Gasteiger partial charge is 0.497 e. The summed E-state index contributed by atoms with van der Waals surface area (Å²) in [5.41, 5.74) is 4.12. The molecule has 2 nitrogen and oxygen atoms in total. The molecule has 18 heavy (non-hydrogen) atoms. The summed E-state index contributed by atoms with van der Waals surface area (Å²) in [5, 5.41) is 0. The minimum atomic E-state index is 0.439. The predicted octanol–water partition coefficient (Wildman–Crippen LogP) is 3.78. The first-order valence-electron chi connectivity index (χ1n) is 6.28. The van der Waals surface area contributed by atoms with E-state index in [-0.39, 0.29) is 0 Å². The fraction of sp³-hybridized carbons (Fsp3) is 0.250. The average Bonchev–Trinajstić information content (AvgIpc) is 2.77. The van der Waals surface area contributed by atoms with Gasteiger partial charge in [-0.1, -0.05) is 24.3 Å². The fourth-order valence-corrected chi connectivity index (χ4v) is 2.66. The summed E-state index contributed by atoms with van der Waals surface area (Å²) < 4.78 is 5.20. The molecule has 1 aliphatic heterocycles. The molecular formula is C16H17NO. The lowest BCUT2D eigenvalue weighted by atomic mass is 10.1. The van der Waals surface area contributed by atoms with Crippen LogP contribution in [0, 0.1) is 0 Å². The Balaban J connectivity index is 1.91. The molecule has 0 aliphatic carbocycles. The molecule has 3 rings (SSSR count). The molecule has 0 saturated heterocycles. The maximum atomic E-state index is 5.20. The third-order valence-corrected chi connectivity index (χ3v) is 3.72. The number of anilines is 1. The summed E-state index contributed by atoms with van der Waals surface area (Å²) in [7, 11) is 1.70. The van der Waals surface area contributed by atoms with Crippen LogP contribution in [0.4, 0.5) is 5.69 Å². The van der Waals surface area contributed by atoms with Gasteiger partial charge in [-0.15, -0.1) is 0 Å². The standard InChI is InChI=1S/C16H17NO/c1-12-16-6-4-3-5-13(16)11-17(12)14-7-9-15(18-2)10-8-14/h3-10,12H,11H2,1-2H3. The minimum Gasteiger partial charge on any atom is -0.497 e. The minimum absolute atomic E-state index is 0.439. The molecule has 0 spiro atoms. The maximum absolute atomic E-state index is 5.20. The van der Waals surface area contributed by atoms with Crippen LogP contribution in [0.1, 0.15) is 24.1 Å². The number of hydrogen-bond donors (Lipinski definition) is 0. The van der Waals surface area contributed by atoms with Crippen molar-refractivity contribution < 1.29 is 4.74 Å². The lowest BCUT2D eigenvalue weighted by Crippen LogP contribution is -2.18. The smallest absolute Gasteiger partial charge is 0.119 e. The van der Waals surface area contributed by atoms with E-state index in [1.165, 1.54) is 16.8 Å². The Kier molecular flexibility index (Phi) is 2.71. The second kappa shape index (κ2) is 4.37. The summed E-state index contributed by atoms with van der Waals surface area (Å²) in [6.45, 7) is 3.25. The molecular weight excluding hydrogens is 222 g/mol. The lowest BCUT2D eigenvalue weighted by Gasteiger charge is -2.24. The Morgan fingerprint density at radius 1 is 1.06 bits per heavy atom. The molecule has 2 heteroatoms. The molecule has 1 atom stereocenters. The van der Waals surface area contributed by atoms with Gasteiger partial charge in [0.2, 0.25) is 0 Å². The molecule has 0 fully saturated rings. The van der Waals surface area contributed by atoms with Gasteiger partial charge in [-0.25, -0.2) is 0 Å². The van der Waals surface area contributed by atoms with Gasteiger partial charge in [-0.2, -0.15) is 0 Å². The molecule has 1 heterocycles. The Morgan fingerprint density at radius 2 is 1.78 bits per heavy atom. The second-order valence-electron chi connectivity index (χ2n) is 4.70. The van der Waals surface area contributed by atoms with Crippen LogP contribution in [-0.2, 0) is 6.54 Å². The monoisotopic (exact) mass is 239 g/mol. The van der Waals surface area contributed by atoms with Crippen molar-refractivity contribution in [2.75, 3.05) is 12.0 Å². The number of nitrogens with zero attached hydrogens (tertiary/aromatic N) is 1. The van der Waals surface area contributed by atoms with E-state index in [4.69, 9.17) is 4.74 Å². The highest BCUT2D eigenvalue weighted by atomic mass is 16.5. The van der Waals surface area contributed by atoms with Crippen LogP contribution in [0.2, 0.25) is 0 Å². The van der Waals surface area contributed by atoms with Gasteiger partial charge in [-0.3, -0.25) is 0 Å². The van der Waals surface area contributed by atoms with Gasteiger partial charge in [0, 0.05) is 12.2 Å². The van der Waals surface area contributed by atoms with Gasteiger partial charge >= 0.3 is 0 Å². The van der Waals surface area contributed by atoms with Gasteiger partial charge in [0.25, 0.3) is 0 Å². The van der Waals surface area contributed by atoms with Crippen LogP contribution in [0.3, 0.4) is 0 Å². The second-order valence-corrected chi connectivity index (χ2v) is 4.70. The van der Waals surface area contributed by atoms with E-state index in [0.717, 1.165) is 12.3 Å². The van der Waals surface area contributed by atoms with Crippen LogP contribution < -0.4 is 9.64 Å². The molecule has 0 amide bonds. The van der Waals surface area contributed by atoms with Crippen LogP contribution in [0.15, 0.2) is 48.5 Å². The van der Waals surface area contributed by atoms with Crippen molar-refractivity contribution in [1.29, 1.82) is 0 Å². The first-order chi connectivity index (χ1) is 8.79. The van der Waals surface area contributed by atoms with Crippen LogP contribution >= 0.6 is 0 Å². The van der Waals surface area contributed by atoms with E-state index < -0.39 is 0 Å². The van der Waals surface area contributed by atoms with Gasteiger partial charge < -0.3 is 9.64 Å². The van der Waals surface area contributed by atoms with E-state index in [0.29, 0.717) is 6.04 Å². The molecule has 2 aromatic rings. The number of ether oxygens (including phenoxy) is 1. The Bertz CT molecular complexity index is 547. The first kappa shape index (κ1) is 11.1. The first-order valence-corrected chi connectivity index (χ1v) is 6.28. The molecule has 0 radical (unpaired) electrons. The van der Waals surface area contributed by atoms with E-state index >= 15 is 0 Å². The van der Waals surface area contributed by atoms with E-state index in [2.05, 4.69) is 48.2 Å². The summed E-state index contributed by atoms with van der Waals surface area (Å²) in [4.78, 5) is 2.42. The van der Waals surface area contributed by atoms with Crippen molar-refractivity contribution in [2.24, 2.45) is 0 Å². The van der Waals surface area contributed by atoms with Gasteiger partial charge in [0.15, 0.2) is 0 Å². The van der Waals surface area contributed by atoms with Crippen LogP contribution in [-0.4, -0.2) is 7.11 Å². The molecule has 0 bridgehead atoms. The zero-order valence-corrected chi connectivity index (χ0v) is 10.8. The van der Waals surface area contributed by atoms with E-state index in [1.54, 1.807) is 7.11 Å². The third kappa shape index (κ3) is 1.74. The fourth-order valence-electron chi connectivity index (χ4n) is 2.66. The van der Waals surface area contributed by atoms with Gasteiger partial charge in [0.05, 0.1) is 13.2 Å². The molecule has 0 saturated carbocycles. The highest BCUT2D eigenvalue weighted by Crippen LogP contribution is 2.37. The maximum Gasteiger partial charge on any atom is 0.119 e. The molecule has 1 aliphatic rings. The summed E-state index contributed by atoms with van der Waals surface area (Å²) >= 11 is 0. The summed E-state index contributed by atoms with van der Waals surface area (Å²) in [6, 6.07) is 17.4. The number of fused-ring (bicyclic) bond motifs is 1. The summed E-state index contributed by atoms with van der Waals surface area (Å²) in [5.74, 6) is 0.906. The van der Waals surface area contributed by atoms with E-state index in [9.17, 15) is 0 Å². The topological polar surface area (TPSA) is 12.5 Å². The van der Waals surface area contributed by atoms with Crippen molar-refractivity contribution in [1.82, 2.24) is 0 Å². The normalized spacial score (nSPS) is 17.7. The number of hydrogen-bond acceptors (Lipinski definition) is 2. The molecule has 2 aromatic carbocycles. The Hall–Kier alpha value is -1.96. The van der Waals surface area contributed by atoms with Crippen molar-refractivity contribution in [2.45, 2.75) is 19.5 Å². The van der Waals surface area contributed by atoms with Crippen LogP contribution in [0.5, 0.6) is 5.75 Å². The third-order valence-electron chi connectivity index (χ3n) is 3.72. The van der Waals surface area contributed by atoms with Gasteiger partial charge in [0.1, 0.15) is 5.75 Å². The zero-order valence-electron chi connectivity index (χ0n) is 10.8. The van der Waals surface area contributed by atoms with Crippen molar-refractivity contribution >= 4 is 5.69 Å². The number of methoxy groups -OCH3 is 1. The van der Waals surface area contributed by atoms with Gasteiger partial charge in [-0.05, 0) is 42.3 Å². The Morgan fingerprint density at radius 3 is 2.44 bits per heavy atom. The predicted molar refractivity (Wildman–Crippen MR) is 74.0 cm³/mol. The molecule has 0 N–H and O–H groups in total. The van der Waals surface area contributed by atoms with Crippen molar-refractivity contribution in [3.63, 3.8) is 0 Å². The summed E-state index contributed by atoms with van der Waals surface area (Å²) in [6.07, 6.45) is 0. The lowest BCUT2D eigenvalue weighted by molar-refractivity contribution is 0.415.